The van der Waals surface area contributed by atoms with Gasteiger partial charge >= 0.3 is 0 Å². The van der Waals surface area contributed by atoms with Crippen LogP contribution in [0.3, 0.4) is 0 Å². The number of nitrogens with two attached hydrogens (primary N) is 4. The predicted octanol–water partition coefficient (Wildman–Crippen LogP) is 2.58. The Labute approximate surface area is 629 Å². The van der Waals surface area contributed by atoms with E-state index in [1.165, 1.54) is 59.8 Å². The lowest BCUT2D eigenvalue weighted by Gasteiger charge is -2.33. The first-order chi connectivity index (χ1) is 50.0. The number of rotatable bonds is 39. The topological polar surface area (TPSA) is 463 Å². The number of primary amides is 1. The maximum Gasteiger partial charge on any atom is 0.294 e. The van der Waals surface area contributed by atoms with Gasteiger partial charge in [0.2, 0.25) is 63.0 Å². The third kappa shape index (κ3) is 22.5. The van der Waals surface area contributed by atoms with E-state index >= 15 is 0 Å². The van der Waals surface area contributed by atoms with Crippen molar-refractivity contribution in [2.24, 2.45) is 27.9 Å². The summed E-state index contributed by atoms with van der Waals surface area (Å²) in [5.41, 5.74) is 25.6. The number of benzene rings is 2. The van der Waals surface area contributed by atoms with Gasteiger partial charge in [0.15, 0.2) is 11.7 Å². The first-order valence-corrected chi connectivity index (χ1v) is 42.7. The minimum atomic E-state index is -4.50. The van der Waals surface area contributed by atoms with Crippen molar-refractivity contribution in [3.63, 3.8) is 0 Å². The minimum Gasteiger partial charge on any atom is -0.370 e. The van der Waals surface area contributed by atoms with E-state index in [2.05, 4.69) is 31.2 Å². The smallest absolute Gasteiger partial charge is 0.294 e. The van der Waals surface area contributed by atoms with Crippen LogP contribution in [0.5, 0.6) is 0 Å². The van der Waals surface area contributed by atoms with Crippen LogP contribution in [0.25, 0.3) is 0 Å². The lowest BCUT2D eigenvalue weighted by Crippen LogP contribution is -2.58. The molecule has 2 aromatic rings. The number of guanidine groups is 1. The number of carbonyl (C=O) groups excluding carboxylic acids is 8. The molecule has 0 unspecified atom stereocenters. The summed E-state index contributed by atoms with van der Waals surface area (Å²) in [6, 6.07) is 4.86. The number of hydrogen-bond donors (Lipinski definition) is 10. The standard InChI is InChI=1S/C70H103N15O16S5/c1-7-81-53-31-29-47(43-49(53)69(2,3)58(81)25-11-9-8-10-12-26-59-70(4,5)50-44-48(106(99,100)101)30-32-54(50)82(59)40-20-42-104(94,95)96)105(97,98)80(6)36-18-28-60(86)75-35-19-41-102-103-46-52(63(72)89)78-61(87)27-14-33-76-64(90)55-22-16-38-84(55)67(93)57-24-17-39-85(57)66(92)51(21-13-34-77-68(73)74)79-65(91)56-23-15-37-83(56)62(88)45-71/h8-12,25-26,29-32,43-44,51-52,55-57H,7,13-24,27-28,33-42,45-46,71H2,1-6H3,(H11-,72,73,74,75,76,77,78,79,86,87,89,90,91,94,95,96,99,100,101)/p+1/t51-,52-,55-,56-,57-/m0/s1. The number of amides is 8. The molecule has 3 fully saturated rings. The Morgan fingerprint density at radius 1 is 0.708 bits per heavy atom. The molecular weight excluding hydrogens is 1470 g/mol. The Hall–Kier alpha value is -7.71. The molecule has 584 valence electrons. The molecule has 31 nitrogen and oxygen atoms in total. The number of carbonyl (C=O) groups is 8. The van der Waals surface area contributed by atoms with Gasteiger partial charge < -0.3 is 63.8 Å². The molecule has 7 rings (SSSR count). The Bertz CT molecular complexity index is 4120. The van der Waals surface area contributed by atoms with Crippen molar-refractivity contribution in [2.75, 3.05) is 94.7 Å². The highest BCUT2D eigenvalue weighted by atomic mass is 33.1. The van der Waals surface area contributed by atoms with E-state index in [4.69, 9.17) is 22.9 Å². The van der Waals surface area contributed by atoms with Gasteiger partial charge in [0.1, 0.15) is 36.8 Å². The van der Waals surface area contributed by atoms with Crippen LogP contribution in [0, 0.1) is 0 Å². The van der Waals surface area contributed by atoms with Crippen LogP contribution in [0.2, 0.25) is 0 Å². The Morgan fingerprint density at radius 2 is 1.34 bits per heavy atom. The molecular formula is C70H104N15O16S5+. The van der Waals surface area contributed by atoms with E-state index in [0.717, 1.165) is 22.7 Å². The number of hydrogen-bond acceptors (Lipinski definition) is 19. The zero-order valence-corrected chi connectivity index (χ0v) is 65.2. The second-order valence-electron chi connectivity index (χ2n) is 27.7. The molecule has 14 N–H and O–H groups in total. The molecule has 5 aliphatic heterocycles. The highest BCUT2D eigenvalue weighted by molar-refractivity contribution is 8.76. The number of anilines is 1. The number of fused-ring (bicyclic) bond motifs is 2. The molecule has 0 aliphatic carbocycles. The normalized spacial score (nSPS) is 19.5. The Balaban J connectivity index is 0.792. The summed E-state index contributed by atoms with van der Waals surface area (Å²) in [5.74, 6) is -3.38. The van der Waals surface area contributed by atoms with Gasteiger partial charge in [0, 0.05) is 125 Å². The SMILES string of the molecule is CCN1C(=CC=CC=CC=CC2=[N+](CCCS(=O)(=O)O)c3ccc(S(=O)(=O)O)cc3C2(C)C)C(C)(C)c2cc(S(=O)(=O)N(C)CCCC(=O)NCCCSSC[C@H](NC(=O)CCCNC(=O)[C@@H]3CCCN3C(=O)[C@@H]3CCCN3C(=O)[C@H](CCCN=C(N)N)NC(=O)[C@@H]3CCCN3C(=O)CN)C(N)=O)ccc21. The van der Waals surface area contributed by atoms with Crippen molar-refractivity contribution in [1.82, 2.24) is 40.3 Å². The van der Waals surface area contributed by atoms with Gasteiger partial charge in [-0.15, -0.1) is 0 Å². The van der Waals surface area contributed by atoms with Crippen molar-refractivity contribution in [2.45, 2.75) is 175 Å². The molecule has 106 heavy (non-hydrogen) atoms. The third-order valence-corrected chi connectivity index (χ3v) is 25.5. The van der Waals surface area contributed by atoms with Crippen molar-refractivity contribution < 1.29 is 77.3 Å². The number of nitrogens with one attached hydrogen (secondary N) is 4. The van der Waals surface area contributed by atoms with Crippen LogP contribution in [-0.4, -0.2) is 237 Å². The van der Waals surface area contributed by atoms with E-state index in [-0.39, 0.29) is 117 Å². The summed E-state index contributed by atoms with van der Waals surface area (Å²) in [6.07, 6.45) is 17.5. The van der Waals surface area contributed by atoms with Gasteiger partial charge in [-0.2, -0.15) is 21.4 Å². The van der Waals surface area contributed by atoms with Gasteiger partial charge in [-0.1, -0.05) is 65.8 Å². The Morgan fingerprint density at radius 3 is 2.01 bits per heavy atom. The predicted molar refractivity (Wildman–Crippen MR) is 408 cm³/mol. The zero-order chi connectivity index (χ0) is 77.9. The van der Waals surface area contributed by atoms with Crippen molar-refractivity contribution in [3.8, 4) is 0 Å². The van der Waals surface area contributed by atoms with Crippen LogP contribution in [0.1, 0.15) is 136 Å². The van der Waals surface area contributed by atoms with Crippen LogP contribution in [0.4, 0.5) is 11.4 Å². The highest BCUT2D eigenvalue weighted by Crippen LogP contribution is 2.49. The monoisotopic (exact) mass is 1570 g/mol. The van der Waals surface area contributed by atoms with E-state index in [1.807, 2.05) is 75.6 Å². The second kappa shape index (κ2) is 38.4. The average molecular weight is 1570 g/mol. The molecule has 0 spiro atoms. The zero-order valence-electron chi connectivity index (χ0n) is 61.1. The van der Waals surface area contributed by atoms with Crippen LogP contribution in [0.15, 0.2) is 99.4 Å². The fraction of sp³-hybridized carbons (Fsp3) is 0.571. The van der Waals surface area contributed by atoms with Crippen LogP contribution in [-0.2, 0) is 79.4 Å². The molecule has 0 aromatic heterocycles. The number of sulfonamides is 1. The van der Waals surface area contributed by atoms with Gasteiger partial charge in [0.05, 0.1) is 27.5 Å². The van der Waals surface area contributed by atoms with Gasteiger partial charge in [-0.3, -0.25) is 52.5 Å². The first-order valence-electron chi connectivity index (χ1n) is 35.7. The lowest BCUT2D eigenvalue weighted by molar-refractivity contribution is -0.437. The number of likely N-dealkylation sites (N-methyl/N-ethyl adjacent to an activating group) is 1. The number of nitrogens with zero attached hydrogens (tertiary/aromatic N) is 7. The van der Waals surface area contributed by atoms with Crippen LogP contribution >= 0.6 is 21.6 Å². The van der Waals surface area contributed by atoms with E-state index < -0.39 is 107 Å². The highest BCUT2D eigenvalue weighted by Gasteiger charge is 2.47. The van der Waals surface area contributed by atoms with Gasteiger partial charge in [-0.05, 0) is 133 Å². The largest absolute Gasteiger partial charge is 0.370 e. The summed E-state index contributed by atoms with van der Waals surface area (Å²) in [7, 11) is -8.44. The molecule has 3 saturated heterocycles. The molecule has 0 radical (unpaired) electrons. The summed E-state index contributed by atoms with van der Waals surface area (Å²) < 4.78 is 97.4. The van der Waals surface area contributed by atoms with E-state index in [1.54, 1.807) is 30.4 Å². The number of aliphatic imine (C=N–C) groups is 1. The molecule has 5 heterocycles. The van der Waals surface area contributed by atoms with Gasteiger partial charge in [-0.25, -0.2) is 12.7 Å². The van der Waals surface area contributed by atoms with E-state index in [9.17, 15) is 72.7 Å². The summed E-state index contributed by atoms with van der Waals surface area (Å²) >= 11 is 0. The molecule has 0 bridgehead atoms. The molecule has 0 saturated carbocycles. The quantitative estimate of drug-likeness (QED) is 0.00874. The molecule has 2 aromatic carbocycles. The molecule has 36 heteroatoms. The van der Waals surface area contributed by atoms with E-state index in [0.29, 0.717) is 94.5 Å². The molecule has 5 atom stereocenters. The maximum absolute atomic E-state index is 14.3. The fourth-order valence-corrected chi connectivity index (χ4v) is 18.5. The minimum absolute atomic E-state index is 0.0347. The number of likely N-dealkylation sites (tertiary alicyclic amines) is 3. The summed E-state index contributed by atoms with van der Waals surface area (Å²) in [5, 5.41) is 11.2. The van der Waals surface area contributed by atoms with Crippen LogP contribution < -0.4 is 49.1 Å². The van der Waals surface area contributed by atoms with Crippen molar-refractivity contribution in [1.29, 1.82) is 0 Å². The Kier molecular flexibility index (Phi) is 31.0. The lowest BCUT2D eigenvalue weighted by atomic mass is 9.81. The summed E-state index contributed by atoms with van der Waals surface area (Å²) in [6.45, 7) is 12.0. The van der Waals surface area contributed by atoms with Crippen molar-refractivity contribution >= 4 is 122 Å². The maximum atomic E-state index is 14.3. The van der Waals surface area contributed by atoms with Gasteiger partial charge in [0.25, 0.3) is 20.2 Å². The third-order valence-electron chi connectivity index (χ3n) is 19.5. The first kappa shape index (κ1) is 85.5. The fourth-order valence-electron chi connectivity index (χ4n) is 14.0. The summed E-state index contributed by atoms with van der Waals surface area (Å²) in [4.78, 5) is 117. The average Bonchev–Trinajstić information content (AvgIpc) is 1.59. The second-order valence-corrected chi connectivity index (χ2v) is 35.3. The molecule has 5 aliphatic rings. The number of allylic oxidation sites excluding steroid dienone is 8. The van der Waals surface area contributed by atoms with Crippen molar-refractivity contribution in [3.05, 3.63) is 95.8 Å². The molecule has 8 amide bonds.